The molecule has 22 heavy (non-hydrogen) atoms. The fourth-order valence-electron chi connectivity index (χ4n) is 2.65. The highest BCUT2D eigenvalue weighted by molar-refractivity contribution is 7.10. The molecule has 2 rings (SSSR count). The van der Waals surface area contributed by atoms with Gasteiger partial charge >= 0.3 is 6.03 Å². The molecule has 0 saturated carbocycles. The minimum absolute atomic E-state index is 0.0280. The molecule has 2 heterocycles. The standard InChI is InChI=1S/C16H25N3O2S/c1-13-7-12-22-14(13)5-4-6-15(20)18-8-10-19(11-9-18)16(21)17(2)3/h7,12H,4-6,8-11H2,1-3H3. The van der Waals surface area contributed by atoms with Crippen LogP contribution in [0, 0.1) is 6.92 Å². The van der Waals surface area contributed by atoms with E-state index in [1.807, 2.05) is 4.90 Å². The van der Waals surface area contributed by atoms with E-state index in [0.717, 1.165) is 12.8 Å². The molecule has 0 bridgehead atoms. The van der Waals surface area contributed by atoms with Crippen LogP contribution < -0.4 is 0 Å². The van der Waals surface area contributed by atoms with Gasteiger partial charge in [0.1, 0.15) is 0 Å². The number of carbonyl (C=O) groups excluding carboxylic acids is 2. The second kappa shape index (κ2) is 7.63. The van der Waals surface area contributed by atoms with Gasteiger partial charge in [0.2, 0.25) is 5.91 Å². The van der Waals surface area contributed by atoms with E-state index < -0.39 is 0 Å². The van der Waals surface area contributed by atoms with Gasteiger partial charge in [0.05, 0.1) is 0 Å². The first kappa shape index (κ1) is 16.8. The Morgan fingerprint density at radius 3 is 2.36 bits per heavy atom. The quantitative estimate of drug-likeness (QED) is 0.853. The fourth-order valence-corrected chi connectivity index (χ4v) is 3.60. The minimum Gasteiger partial charge on any atom is -0.339 e. The number of amides is 3. The Kier molecular flexibility index (Phi) is 5.83. The van der Waals surface area contributed by atoms with Crippen LogP contribution in [-0.4, -0.2) is 66.9 Å². The first-order valence-corrected chi connectivity index (χ1v) is 8.64. The smallest absolute Gasteiger partial charge is 0.319 e. The first-order chi connectivity index (χ1) is 10.5. The third-order valence-electron chi connectivity index (χ3n) is 4.05. The highest BCUT2D eigenvalue weighted by atomic mass is 32.1. The molecule has 0 unspecified atom stereocenters. The molecule has 1 aromatic heterocycles. The summed E-state index contributed by atoms with van der Waals surface area (Å²) in [6.07, 6.45) is 2.48. The number of piperazine rings is 1. The van der Waals surface area contributed by atoms with Crippen molar-refractivity contribution in [2.45, 2.75) is 26.2 Å². The molecule has 1 aliphatic rings. The van der Waals surface area contributed by atoms with Gasteiger partial charge < -0.3 is 14.7 Å². The summed E-state index contributed by atoms with van der Waals surface area (Å²) in [5, 5.41) is 2.10. The van der Waals surface area contributed by atoms with E-state index in [0.29, 0.717) is 32.6 Å². The molecule has 1 fully saturated rings. The molecule has 0 radical (unpaired) electrons. The van der Waals surface area contributed by atoms with Crippen LogP contribution in [0.2, 0.25) is 0 Å². The molecule has 1 aromatic rings. The topological polar surface area (TPSA) is 43.9 Å². The van der Waals surface area contributed by atoms with Crippen molar-refractivity contribution in [3.05, 3.63) is 21.9 Å². The van der Waals surface area contributed by atoms with Gasteiger partial charge in [-0.05, 0) is 36.8 Å². The average molecular weight is 323 g/mol. The zero-order valence-corrected chi connectivity index (χ0v) is 14.5. The van der Waals surface area contributed by atoms with E-state index >= 15 is 0 Å². The van der Waals surface area contributed by atoms with Gasteiger partial charge in [-0.25, -0.2) is 4.79 Å². The summed E-state index contributed by atoms with van der Waals surface area (Å²) in [6.45, 7) is 4.68. The molecule has 5 nitrogen and oxygen atoms in total. The normalized spacial score (nSPS) is 15.0. The predicted octanol–water partition coefficient (Wildman–Crippen LogP) is 2.21. The molecule has 3 amide bonds. The number of urea groups is 1. The molecule has 6 heteroatoms. The van der Waals surface area contributed by atoms with Crippen LogP contribution >= 0.6 is 11.3 Å². The van der Waals surface area contributed by atoms with Crippen LogP contribution in [0.5, 0.6) is 0 Å². The van der Waals surface area contributed by atoms with Crippen molar-refractivity contribution >= 4 is 23.3 Å². The Labute approximate surface area is 136 Å². The SMILES string of the molecule is Cc1ccsc1CCCC(=O)N1CCN(C(=O)N(C)C)CC1. The minimum atomic E-state index is 0.0280. The first-order valence-electron chi connectivity index (χ1n) is 7.76. The van der Waals surface area contributed by atoms with Gasteiger partial charge in [0.15, 0.2) is 0 Å². The summed E-state index contributed by atoms with van der Waals surface area (Å²) in [4.78, 5) is 30.8. The average Bonchev–Trinajstić information content (AvgIpc) is 2.92. The van der Waals surface area contributed by atoms with E-state index in [9.17, 15) is 9.59 Å². The van der Waals surface area contributed by atoms with Crippen molar-refractivity contribution in [3.8, 4) is 0 Å². The number of rotatable bonds is 4. The number of hydrogen-bond donors (Lipinski definition) is 0. The lowest BCUT2D eigenvalue weighted by molar-refractivity contribution is -0.132. The fraction of sp³-hybridized carbons (Fsp3) is 0.625. The summed E-state index contributed by atoms with van der Waals surface area (Å²) in [6, 6.07) is 2.16. The van der Waals surface area contributed by atoms with E-state index in [2.05, 4.69) is 18.4 Å². The second-order valence-electron chi connectivity index (χ2n) is 5.93. The van der Waals surface area contributed by atoms with Gasteiger partial charge in [-0.15, -0.1) is 11.3 Å². The van der Waals surface area contributed by atoms with Crippen LogP contribution in [0.25, 0.3) is 0 Å². The lowest BCUT2D eigenvalue weighted by Crippen LogP contribution is -2.52. The maximum Gasteiger partial charge on any atom is 0.319 e. The Hall–Kier alpha value is -1.56. The third kappa shape index (κ3) is 4.22. The molecular weight excluding hydrogens is 298 g/mol. The van der Waals surface area contributed by atoms with Crippen molar-refractivity contribution in [1.29, 1.82) is 0 Å². The van der Waals surface area contributed by atoms with E-state index in [-0.39, 0.29) is 11.9 Å². The number of thiophene rings is 1. The summed E-state index contributed by atoms with van der Waals surface area (Å²) >= 11 is 1.77. The summed E-state index contributed by atoms with van der Waals surface area (Å²) < 4.78 is 0. The molecule has 0 N–H and O–H groups in total. The van der Waals surface area contributed by atoms with Crippen LogP contribution in [0.4, 0.5) is 4.79 Å². The summed E-state index contributed by atoms with van der Waals surface area (Å²) in [5.41, 5.74) is 1.33. The van der Waals surface area contributed by atoms with Crippen LogP contribution in [0.3, 0.4) is 0 Å². The maximum atomic E-state index is 12.2. The molecule has 0 spiro atoms. The monoisotopic (exact) mass is 323 g/mol. The number of aryl methyl sites for hydroxylation is 2. The summed E-state index contributed by atoms with van der Waals surface area (Å²) in [7, 11) is 3.51. The van der Waals surface area contributed by atoms with Gasteiger partial charge in [0, 0.05) is 51.6 Å². The zero-order valence-electron chi connectivity index (χ0n) is 13.7. The largest absolute Gasteiger partial charge is 0.339 e. The Morgan fingerprint density at radius 1 is 1.18 bits per heavy atom. The van der Waals surface area contributed by atoms with Crippen molar-refractivity contribution in [2.75, 3.05) is 40.3 Å². The molecule has 0 aromatic carbocycles. The molecule has 0 aliphatic carbocycles. The third-order valence-corrected chi connectivity index (χ3v) is 5.13. The molecular formula is C16H25N3O2S. The van der Waals surface area contributed by atoms with Crippen LogP contribution in [-0.2, 0) is 11.2 Å². The summed E-state index contributed by atoms with van der Waals surface area (Å²) in [5.74, 6) is 0.214. The van der Waals surface area contributed by atoms with E-state index in [4.69, 9.17) is 0 Å². The van der Waals surface area contributed by atoms with Crippen LogP contribution in [0.1, 0.15) is 23.3 Å². The highest BCUT2D eigenvalue weighted by Gasteiger charge is 2.24. The highest BCUT2D eigenvalue weighted by Crippen LogP contribution is 2.18. The molecule has 1 saturated heterocycles. The Balaban J connectivity index is 1.71. The van der Waals surface area contributed by atoms with Gasteiger partial charge in [-0.3, -0.25) is 4.79 Å². The van der Waals surface area contributed by atoms with Crippen molar-refractivity contribution in [1.82, 2.24) is 14.7 Å². The van der Waals surface area contributed by atoms with Gasteiger partial charge in [0.25, 0.3) is 0 Å². The number of hydrogen-bond acceptors (Lipinski definition) is 3. The van der Waals surface area contributed by atoms with Crippen molar-refractivity contribution in [3.63, 3.8) is 0 Å². The maximum absolute atomic E-state index is 12.2. The second-order valence-corrected chi connectivity index (χ2v) is 6.93. The lowest BCUT2D eigenvalue weighted by Gasteiger charge is -2.36. The molecule has 122 valence electrons. The number of nitrogens with zero attached hydrogens (tertiary/aromatic N) is 3. The number of carbonyl (C=O) groups is 2. The lowest BCUT2D eigenvalue weighted by atomic mass is 10.1. The molecule has 0 atom stereocenters. The van der Waals surface area contributed by atoms with Crippen LogP contribution in [0.15, 0.2) is 11.4 Å². The Bertz CT molecular complexity index is 519. The Morgan fingerprint density at radius 2 is 1.82 bits per heavy atom. The van der Waals surface area contributed by atoms with E-state index in [1.54, 1.807) is 35.2 Å². The zero-order chi connectivity index (χ0) is 16.1. The van der Waals surface area contributed by atoms with Crippen molar-refractivity contribution < 1.29 is 9.59 Å². The predicted molar refractivity (Wildman–Crippen MR) is 89.2 cm³/mol. The van der Waals surface area contributed by atoms with E-state index in [1.165, 1.54) is 10.4 Å². The van der Waals surface area contributed by atoms with Gasteiger partial charge in [-0.2, -0.15) is 0 Å². The molecule has 1 aliphatic heterocycles. The van der Waals surface area contributed by atoms with Gasteiger partial charge in [-0.1, -0.05) is 0 Å². The van der Waals surface area contributed by atoms with Crippen molar-refractivity contribution in [2.24, 2.45) is 0 Å².